The Labute approximate surface area is 177 Å². The number of nitrogens with one attached hydrogen (secondary N) is 2. The fraction of sp³-hybridized carbons (Fsp3) is 0.381. The lowest BCUT2D eigenvalue weighted by Gasteiger charge is -2.13. The van der Waals surface area contributed by atoms with Gasteiger partial charge >= 0.3 is 0 Å². The number of hydrogen-bond donors (Lipinski definition) is 2. The fourth-order valence-corrected chi connectivity index (χ4v) is 6.41. The summed E-state index contributed by atoms with van der Waals surface area (Å²) in [5.41, 5.74) is 2.00. The molecule has 1 aliphatic rings. The Kier molecular flexibility index (Phi) is 6.64. The molecule has 0 aromatic heterocycles. The van der Waals surface area contributed by atoms with Gasteiger partial charge in [0.15, 0.2) is 9.84 Å². The second-order valence-electron chi connectivity index (χ2n) is 7.63. The van der Waals surface area contributed by atoms with E-state index in [4.69, 9.17) is 0 Å². The molecule has 0 radical (unpaired) electrons. The highest BCUT2D eigenvalue weighted by molar-refractivity contribution is 7.92. The first-order valence-corrected chi connectivity index (χ1v) is 13.1. The topological polar surface area (TPSA) is 109 Å². The van der Waals surface area contributed by atoms with Crippen LogP contribution in [0, 0.1) is 0 Å². The third-order valence-corrected chi connectivity index (χ3v) is 8.60. The van der Waals surface area contributed by atoms with E-state index in [0.29, 0.717) is 11.6 Å². The van der Waals surface area contributed by atoms with E-state index in [2.05, 4.69) is 23.9 Å². The lowest BCUT2D eigenvalue weighted by atomic mass is 9.98. The number of anilines is 1. The number of sulfone groups is 1. The largest absolute Gasteiger partial charge is 0.322 e. The van der Waals surface area contributed by atoms with Gasteiger partial charge in [0, 0.05) is 17.3 Å². The van der Waals surface area contributed by atoms with Crippen molar-refractivity contribution in [2.24, 2.45) is 0 Å². The molecule has 9 heteroatoms. The highest BCUT2D eigenvalue weighted by atomic mass is 32.2. The molecule has 1 amide bonds. The molecule has 0 saturated carbocycles. The van der Waals surface area contributed by atoms with Crippen LogP contribution < -0.4 is 10.0 Å². The van der Waals surface area contributed by atoms with E-state index >= 15 is 0 Å². The van der Waals surface area contributed by atoms with Crippen LogP contribution in [0.1, 0.15) is 48.5 Å². The Balaban J connectivity index is 1.72. The fourth-order valence-electron chi connectivity index (χ4n) is 3.31. The van der Waals surface area contributed by atoms with Gasteiger partial charge in [-0.15, -0.1) is 0 Å². The maximum absolute atomic E-state index is 12.6. The van der Waals surface area contributed by atoms with Crippen LogP contribution in [-0.4, -0.2) is 40.3 Å². The highest BCUT2D eigenvalue weighted by Crippen LogP contribution is 2.21. The van der Waals surface area contributed by atoms with Crippen molar-refractivity contribution in [2.75, 3.05) is 16.8 Å². The molecule has 2 aromatic rings. The molecular formula is C21H26N2O5S2. The minimum Gasteiger partial charge on any atom is -0.322 e. The molecule has 7 nitrogen and oxygen atoms in total. The second-order valence-corrected chi connectivity index (χ2v) is 11.6. The van der Waals surface area contributed by atoms with Gasteiger partial charge in [-0.2, -0.15) is 0 Å². The third kappa shape index (κ3) is 5.47. The number of carbonyl (C=O) groups excluding carboxylic acids is 1. The Bertz CT molecular complexity index is 1130. The van der Waals surface area contributed by atoms with E-state index in [-0.39, 0.29) is 28.4 Å². The standard InChI is InChI=1S/C21H26N2O5S2/c1-3-15(2)16-7-9-18(10-8-16)22-21(24)17-5-4-6-20(13-17)30(27,28)23-19-11-12-29(25,26)14-19/h4-10,13,15,19,23H,3,11-12,14H2,1-2H3,(H,22,24)/t15-,19-/m1/s1. The smallest absolute Gasteiger partial charge is 0.255 e. The predicted molar refractivity (Wildman–Crippen MR) is 117 cm³/mol. The number of amides is 1. The van der Waals surface area contributed by atoms with Crippen LogP contribution in [0.5, 0.6) is 0 Å². The number of carbonyl (C=O) groups is 1. The molecule has 30 heavy (non-hydrogen) atoms. The maximum atomic E-state index is 12.6. The molecule has 1 saturated heterocycles. The van der Waals surface area contributed by atoms with Gasteiger partial charge in [-0.05, 0) is 54.7 Å². The van der Waals surface area contributed by atoms with Crippen LogP contribution >= 0.6 is 0 Å². The monoisotopic (exact) mass is 450 g/mol. The summed E-state index contributed by atoms with van der Waals surface area (Å²) in [4.78, 5) is 12.5. The van der Waals surface area contributed by atoms with Crippen LogP contribution in [0.2, 0.25) is 0 Å². The summed E-state index contributed by atoms with van der Waals surface area (Å²) in [5, 5.41) is 2.77. The maximum Gasteiger partial charge on any atom is 0.255 e. The van der Waals surface area contributed by atoms with Gasteiger partial charge in [-0.25, -0.2) is 21.6 Å². The Morgan fingerprint density at radius 3 is 2.47 bits per heavy atom. The van der Waals surface area contributed by atoms with Gasteiger partial charge in [0.25, 0.3) is 5.91 Å². The normalized spacial score (nSPS) is 19.3. The quantitative estimate of drug-likeness (QED) is 0.674. The molecular weight excluding hydrogens is 424 g/mol. The molecule has 0 bridgehead atoms. The van der Waals surface area contributed by atoms with E-state index in [1.165, 1.54) is 29.8 Å². The number of rotatable bonds is 7. The average Bonchev–Trinajstić information content (AvgIpc) is 3.05. The van der Waals surface area contributed by atoms with Crippen LogP contribution in [0.25, 0.3) is 0 Å². The Hall–Kier alpha value is -2.23. The summed E-state index contributed by atoms with van der Waals surface area (Å²) in [7, 11) is -7.14. The molecule has 2 aromatic carbocycles. The summed E-state index contributed by atoms with van der Waals surface area (Å²) in [6.07, 6.45) is 1.27. The second kappa shape index (κ2) is 8.87. The molecule has 0 spiro atoms. The van der Waals surface area contributed by atoms with E-state index in [1.807, 2.05) is 24.3 Å². The molecule has 1 heterocycles. The molecule has 162 valence electrons. The third-order valence-electron chi connectivity index (χ3n) is 5.31. The summed E-state index contributed by atoms with van der Waals surface area (Å²) in [6, 6.07) is 12.6. The van der Waals surface area contributed by atoms with E-state index < -0.39 is 31.8 Å². The van der Waals surface area contributed by atoms with Gasteiger partial charge < -0.3 is 5.32 Å². The SMILES string of the molecule is CC[C@@H](C)c1ccc(NC(=O)c2cccc(S(=O)(=O)N[C@@H]3CCS(=O)(=O)C3)c2)cc1. The zero-order valence-electron chi connectivity index (χ0n) is 17.0. The molecule has 2 N–H and O–H groups in total. The van der Waals surface area contributed by atoms with Crippen LogP contribution in [0.4, 0.5) is 5.69 Å². The van der Waals surface area contributed by atoms with Crippen LogP contribution in [0.3, 0.4) is 0 Å². The molecule has 1 fully saturated rings. The van der Waals surface area contributed by atoms with Gasteiger partial charge in [-0.1, -0.05) is 32.0 Å². The lowest BCUT2D eigenvalue weighted by Crippen LogP contribution is -2.35. The zero-order chi connectivity index (χ0) is 21.9. The summed E-state index contributed by atoms with van der Waals surface area (Å²) in [6.45, 7) is 4.25. The zero-order valence-corrected chi connectivity index (χ0v) is 18.6. The molecule has 1 aliphatic heterocycles. The minimum absolute atomic E-state index is 0.0293. The van der Waals surface area contributed by atoms with Gasteiger partial charge in [0.1, 0.15) is 0 Å². The number of hydrogen-bond acceptors (Lipinski definition) is 5. The summed E-state index contributed by atoms with van der Waals surface area (Å²) >= 11 is 0. The Morgan fingerprint density at radius 1 is 1.17 bits per heavy atom. The van der Waals surface area contributed by atoms with Crippen molar-refractivity contribution in [3.63, 3.8) is 0 Å². The van der Waals surface area contributed by atoms with Gasteiger partial charge in [-0.3, -0.25) is 4.79 Å². The average molecular weight is 451 g/mol. The van der Waals surface area contributed by atoms with Crippen molar-refractivity contribution in [1.82, 2.24) is 4.72 Å². The first kappa shape index (κ1) is 22.5. The van der Waals surface area contributed by atoms with Crippen molar-refractivity contribution < 1.29 is 21.6 Å². The number of sulfonamides is 1. The predicted octanol–water partition coefficient (Wildman–Crippen LogP) is 2.92. The molecule has 3 rings (SSSR count). The first-order chi connectivity index (χ1) is 14.1. The van der Waals surface area contributed by atoms with Crippen LogP contribution in [0.15, 0.2) is 53.4 Å². The molecule has 0 unspecified atom stereocenters. The lowest BCUT2D eigenvalue weighted by molar-refractivity contribution is 0.102. The summed E-state index contributed by atoms with van der Waals surface area (Å²) < 4.78 is 50.8. The highest BCUT2D eigenvalue weighted by Gasteiger charge is 2.31. The van der Waals surface area contributed by atoms with Crippen molar-refractivity contribution in [1.29, 1.82) is 0 Å². The van der Waals surface area contributed by atoms with E-state index in [9.17, 15) is 21.6 Å². The Morgan fingerprint density at radius 2 is 1.87 bits per heavy atom. The van der Waals surface area contributed by atoms with E-state index in [0.717, 1.165) is 6.42 Å². The van der Waals surface area contributed by atoms with Crippen molar-refractivity contribution >= 4 is 31.5 Å². The van der Waals surface area contributed by atoms with Gasteiger partial charge in [0.2, 0.25) is 10.0 Å². The molecule has 2 atom stereocenters. The number of benzene rings is 2. The first-order valence-electron chi connectivity index (χ1n) is 9.84. The van der Waals surface area contributed by atoms with Crippen molar-refractivity contribution in [3.8, 4) is 0 Å². The minimum atomic E-state index is -3.94. The van der Waals surface area contributed by atoms with Gasteiger partial charge in [0.05, 0.1) is 16.4 Å². The van der Waals surface area contributed by atoms with Crippen molar-refractivity contribution in [2.45, 2.75) is 43.5 Å². The summed E-state index contributed by atoms with van der Waals surface area (Å²) in [5.74, 6) is -0.233. The van der Waals surface area contributed by atoms with Crippen LogP contribution in [-0.2, 0) is 19.9 Å². The van der Waals surface area contributed by atoms with Crippen molar-refractivity contribution in [3.05, 3.63) is 59.7 Å². The molecule has 0 aliphatic carbocycles. The van der Waals surface area contributed by atoms with E-state index in [1.54, 1.807) is 0 Å².